The number of benzene rings is 4. The Morgan fingerprint density at radius 3 is 1.23 bits per heavy atom. The average molecular weight is 398 g/mol. The first-order valence-electron chi connectivity index (χ1n) is 9.95. The van der Waals surface area contributed by atoms with Crippen molar-refractivity contribution >= 4 is 11.4 Å². The van der Waals surface area contributed by atoms with Gasteiger partial charge in [-0.3, -0.25) is 0 Å². The van der Waals surface area contributed by atoms with E-state index in [1.165, 1.54) is 11.1 Å². The molecule has 3 heteroatoms. The first kappa shape index (κ1) is 21.0. The second-order valence-corrected chi connectivity index (χ2v) is 6.89. The van der Waals surface area contributed by atoms with Gasteiger partial charge in [0.1, 0.15) is 11.5 Å². The van der Waals surface area contributed by atoms with Gasteiger partial charge in [-0.15, -0.1) is 0 Å². The van der Waals surface area contributed by atoms with Crippen LogP contribution in [-0.2, 0) is 0 Å². The molecule has 0 fully saturated rings. The molecule has 0 heterocycles. The van der Waals surface area contributed by atoms with Crippen molar-refractivity contribution < 1.29 is 9.47 Å². The Balaban J connectivity index is 0.000000177. The molecule has 0 amide bonds. The van der Waals surface area contributed by atoms with E-state index in [9.17, 15) is 0 Å². The lowest BCUT2D eigenvalue weighted by Gasteiger charge is -2.08. The van der Waals surface area contributed by atoms with E-state index < -0.39 is 0 Å². The van der Waals surface area contributed by atoms with Crippen molar-refractivity contribution in [2.75, 3.05) is 12.1 Å². The van der Waals surface area contributed by atoms with Gasteiger partial charge in [0, 0.05) is 11.4 Å². The monoisotopic (exact) mass is 397 g/mol. The third-order valence-electron chi connectivity index (χ3n) is 4.33. The van der Waals surface area contributed by atoms with E-state index in [4.69, 9.17) is 9.47 Å². The molecule has 152 valence electrons. The van der Waals surface area contributed by atoms with Gasteiger partial charge in [0.25, 0.3) is 0 Å². The van der Waals surface area contributed by atoms with E-state index in [2.05, 4.69) is 5.32 Å². The van der Waals surface area contributed by atoms with E-state index in [1.807, 2.05) is 123 Å². The molecule has 30 heavy (non-hydrogen) atoms. The summed E-state index contributed by atoms with van der Waals surface area (Å²) in [5, 5.41) is 3.30. The fourth-order valence-electron chi connectivity index (χ4n) is 2.64. The summed E-state index contributed by atoms with van der Waals surface area (Å²) in [4.78, 5) is 0. The quantitative estimate of drug-likeness (QED) is 0.350. The van der Waals surface area contributed by atoms with E-state index in [-0.39, 0.29) is 6.79 Å². The highest BCUT2D eigenvalue weighted by Gasteiger charge is 1.95. The number of hydrogen-bond acceptors (Lipinski definition) is 3. The van der Waals surface area contributed by atoms with Gasteiger partial charge in [0.05, 0.1) is 0 Å². The highest BCUT2D eigenvalue weighted by atomic mass is 16.7. The third-order valence-corrected chi connectivity index (χ3v) is 4.33. The van der Waals surface area contributed by atoms with E-state index in [0.717, 1.165) is 22.9 Å². The number of ether oxygens (including phenoxy) is 2. The Kier molecular flexibility index (Phi) is 7.93. The maximum atomic E-state index is 5.47. The van der Waals surface area contributed by atoms with Gasteiger partial charge in [0.15, 0.2) is 0 Å². The molecule has 0 atom stereocenters. The molecule has 3 nitrogen and oxygen atoms in total. The minimum atomic E-state index is 0.228. The maximum absolute atomic E-state index is 5.47. The van der Waals surface area contributed by atoms with Crippen molar-refractivity contribution in [3.05, 3.63) is 120 Å². The minimum Gasteiger partial charge on any atom is -0.458 e. The van der Waals surface area contributed by atoms with Crippen LogP contribution in [0.4, 0.5) is 11.4 Å². The lowest BCUT2D eigenvalue weighted by molar-refractivity contribution is 0.120. The topological polar surface area (TPSA) is 30.5 Å². The zero-order valence-electron chi connectivity index (χ0n) is 17.4. The Labute approximate surface area is 178 Å². The van der Waals surface area contributed by atoms with E-state index in [0.29, 0.717) is 0 Å². The Hall–Kier alpha value is -3.72. The molecule has 0 spiro atoms. The summed E-state index contributed by atoms with van der Waals surface area (Å²) in [5.41, 5.74) is 4.68. The van der Waals surface area contributed by atoms with Crippen LogP contribution in [0.3, 0.4) is 0 Å². The SMILES string of the molecule is Cc1ccc(OCOc2ccc(C)cc2)cc1.c1ccc(Nc2ccccc2)cc1. The molecule has 0 saturated carbocycles. The van der Waals surface area contributed by atoms with E-state index >= 15 is 0 Å². The van der Waals surface area contributed by atoms with Crippen molar-refractivity contribution in [2.24, 2.45) is 0 Å². The van der Waals surface area contributed by atoms with Crippen LogP contribution in [0.5, 0.6) is 11.5 Å². The number of rotatable bonds is 6. The summed E-state index contributed by atoms with van der Waals surface area (Å²) in [7, 11) is 0. The summed E-state index contributed by atoms with van der Waals surface area (Å²) in [6.45, 7) is 4.32. The smallest absolute Gasteiger partial charge is 0.230 e. The first-order valence-corrected chi connectivity index (χ1v) is 9.95. The summed E-state index contributed by atoms with van der Waals surface area (Å²) in [6, 6.07) is 36.1. The van der Waals surface area contributed by atoms with Crippen LogP contribution in [0, 0.1) is 13.8 Å². The number of nitrogens with one attached hydrogen (secondary N) is 1. The number of hydrogen-bond donors (Lipinski definition) is 1. The normalized spacial score (nSPS) is 9.80. The van der Waals surface area contributed by atoms with Crippen LogP contribution in [0.25, 0.3) is 0 Å². The van der Waals surface area contributed by atoms with E-state index in [1.54, 1.807) is 0 Å². The number of aryl methyl sites for hydroxylation is 2. The molecule has 0 radical (unpaired) electrons. The predicted molar refractivity (Wildman–Crippen MR) is 125 cm³/mol. The summed E-state index contributed by atoms with van der Waals surface area (Å²) >= 11 is 0. The van der Waals surface area contributed by atoms with Crippen LogP contribution >= 0.6 is 0 Å². The summed E-state index contributed by atoms with van der Waals surface area (Å²) in [6.07, 6.45) is 0. The lowest BCUT2D eigenvalue weighted by atomic mass is 10.2. The molecule has 4 aromatic rings. The summed E-state index contributed by atoms with van der Waals surface area (Å²) < 4.78 is 10.9. The number of para-hydroxylation sites is 2. The van der Waals surface area contributed by atoms with Gasteiger partial charge in [-0.05, 0) is 62.4 Å². The molecule has 0 aliphatic heterocycles. The van der Waals surface area contributed by atoms with Crippen LogP contribution < -0.4 is 14.8 Å². The van der Waals surface area contributed by atoms with Crippen molar-refractivity contribution in [1.29, 1.82) is 0 Å². The Morgan fingerprint density at radius 2 is 0.867 bits per heavy atom. The van der Waals surface area contributed by atoms with Crippen molar-refractivity contribution in [3.63, 3.8) is 0 Å². The van der Waals surface area contributed by atoms with Gasteiger partial charge in [0.2, 0.25) is 6.79 Å². The van der Waals surface area contributed by atoms with Crippen LogP contribution in [0.2, 0.25) is 0 Å². The molecule has 1 N–H and O–H groups in total. The molecule has 0 aromatic heterocycles. The van der Waals surface area contributed by atoms with Gasteiger partial charge in [-0.25, -0.2) is 0 Å². The molecule has 0 saturated heterocycles. The van der Waals surface area contributed by atoms with Crippen molar-refractivity contribution in [3.8, 4) is 11.5 Å². The van der Waals surface area contributed by atoms with Gasteiger partial charge in [-0.1, -0.05) is 71.8 Å². The molecule has 0 aliphatic carbocycles. The van der Waals surface area contributed by atoms with Crippen LogP contribution in [0.1, 0.15) is 11.1 Å². The fourth-order valence-corrected chi connectivity index (χ4v) is 2.64. The number of anilines is 2. The lowest BCUT2D eigenvalue weighted by Crippen LogP contribution is -2.05. The zero-order chi connectivity index (χ0) is 21.0. The zero-order valence-corrected chi connectivity index (χ0v) is 17.4. The second kappa shape index (κ2) is 11.3. The third kappa shape index (κ3) is 7.36. The molecule has 0 aliphatic rings. The highest BCUT2D eigenvalue weighted by molar-refractivity contribution is 5.58. The predicted octanol–water partition coefficient (Wildman–Crippen LogP) is 7.15. The van der Waals surface area contributed by atoms with Crippen LogP contribution in [0.15, 0.2) is 109 Å². The molecule has 0 bridgehead atoms. The molecule has 0 unspecified atom stereocenters. The minimum absolute atomic E-state index is 0.228. The molecular formula is C27H27NO2. The van der Waals surface area contributed by atoms with Crippen molar-refractivity contribution in [1.82, 2.24) is 0 Å². The largest absolute Gasteiger partial charge is 0.458 e. The van der Waals surface area contributed by atoms with Gasteiger partial charge in [-0.2, -0.15) is 0 Å². The van der Waals surface area contributed by atoms with Crippen LogP contribution in [-0.4, -0.2) is 6.79 Å². The maximum Gasteiger partial charge on any atom is 0.230 e. The summed E-state index contributed by atoms with van der Waals surface area (Å²) in [5.74, 6) is 1.64. The fraction of sp³-hybridized carbons (Fsp3) is 0.111. The standard InChI is InChI=1S/C15H16O2.C12H11N/c1-12-3-7-14(8-4-12)16-11-17-15-9-5-13(2)6-10-15;1-3-7-11(8-4-1)13-12-9-5-2-6-10-12/h3-10H,11H2,1-2H3;1-10,13H. The van der Waals surface area contributed by atoms with Crippen molar-refractivity contribution in [2.45, 2.75) is 13.8 Å². The second-order valence-electron chi connectivity index (χ2n) is 6.89. The Bertz CT molecular complexity index is 899. The van der Waals surface area contributed by atoms with Gasteiger partial charge < -0.3 is 14.8 Å². The average Bonchev–Trinajstić information content (AvgIpc) is 2.78. The Morgan fingerprint density at radius 1 is 0.500 bits per heavy atom. The molecule has 4 rings (SSSR count). The highest BCUT2D eigenvalue weighted by Crippen LogP contribution is 2.15. The van der Waals surface area contributed by atoms with Gasteiger partial charge >= 0.3 is 0 Å². The first-order chi connectivity index (χ1) is 14.7. The molecular weight excluding hydrogens is 370 g/mol. The molecule has 4 aromatic carbocycles.